The van der Waals surface area contributed by atoms with Crippen LogP contribution in [0.3, 0.4) is 0 Å². The molecular weight excluding hydrogens is 484 g/mol. The molecule has 0 saturated carbocycles. The normalized spacial score (nSPS) is 11.5. The zero-order valence-electron chi connectivity index (χ0n) is 21.1. The monoisotopic (exact) mass is 518 g/mol. The van der Waals surface area contributed by atoms with Gasteiger partial charge in [-0.3, -0.25) is 9.59 Å². The molecule has 0 heterocycles. The van der Waals surface area contributed by atoms with Crippen molar-refractivity contribution in [2.45, 2.75) is 45.2 Å². The van der Waals surface area contributed by atoms with E-state index in [2.05, 4.69) is 17.9 Å². The molecule has 0 fully saturated rings. The van der Waals surface area contributed by atoms with Gasteiger partial charge in [0.2, 0.25) is 11.8 Å². The maximum absolute atomic E-state index is 13.0. The molecule has 0 aliphatic rings. The highest BCUT2D eigenvalue weighted by molar-refractivity contribution is 7.80. The van der Waals surface area contributed by atoms with Crippen molar-refractivity contribution >= 4 is 30.4 Å². The largest absolute Gasteiger partial charge is 0.478 e. The number of aromatic carboxylic acids is 1. The van der Waals surface area contributed by atoms with Crippen LogP contribution in [-0.2, 0) is 22.6 Å². The van der Waals surface area contributed by atoms with Crippen LogP contribution in [0.5, 0.6) is 0 Å². The number of thiol groups is 1. The fraction of sp³-hybridized carbons (Fsp3) is 0.300. The topological polar surface area (TPSA) is 86.7 Å². The summed E-state index contributed by atoms with van der Waals surface area (Å²) in [5.41, 5.74) is 3.62. The van der Waals surface area contributed by atoms with Crippen LogP contribution in [0.2, 0.25) is 0 Å². The second-order valence-corrected chi connectivity index (χ2v) is 9.40. The van der Waals surface area contributed by atoms with Crippen LogP contribution in [0.15, 0.2) is 78.9 Å². The van der Waals surface area contributed by atoms with Crippen LogP contribution in [0.4, 0.5) is 0 Å². The van der Waals surface area contributed by atoms with Crippen molar-refractivity contribution in [3.8, 4) is 11.1 Å². The Morgan fingerprint density at radius 2 is 1.59 bits per heavy atom. The van der Waals surface area contributed by atoms with Gasteiger partial charge in [0, 0.05) is 24.8 Å². The Morgan fingerprint density at radius 3 is 2.24 bits per heavy atom. The number of benzene rings is 3. The fourth-order valence-electron chi connectivity index (χ4n) is 4.16. The molecule has 0 saturated heterocycles. The lowest BCUT2D eigenvalue weighted by Crippen LogP contribution is -2.45. The maximum atomic E-state index is 13.0. The molecule has 1 atom stereocenters. The molecule has 3 aromatic rings. The molecule has 37 heavy (non-hydrogen) atoms. The van der Waals surface area contributed by atoms with Crippen molar-refractivity contribution < 1.29 is 19.5 Å². The number of hydrogen-bond acceptors (Lipinski definition) is 4. The first-order valence-electron chi connectivity index (χ1n) is 12.5. The van der Waals surface area contributed by atoms with Gasteiger partial charge in [-0.1, -0.05) is 86.1 Å². The fourth-order valence-corrected chi connectivity index (χ4v) is 4.38. The molecule has 0 aliphatic carbocycles. The third-order valence-electron chi connectivity index (χ3n) is 6.14. The number of carbonyl (C=O) groups is 3. The molecule has 3 aromatic carbocycles. The van der Waals surface area contributed by atoms with Crippen LogP contribution in [-0.4, -0.2) is 46.1 Å². The Labute approximate surface area is 224 Å². The SMILES string of the molecule is CCCCC(=O)N(CC(=O)NC(CS)Cc1ccccc1)Cc1ccc(-c2ccccc2C(=O)O)cc1. The Hall–Kier alpha value is -3.58. The number of nitrogens with one attached hydrogen (secondary N) is 1. The molecule has 3 rings (SSSR count). The van der Waals surface area contributed by atoms with Gasteiger partial charge in [0.05, 0.1) is 12.1 Å². The molecule has 6 nitrogen and oxygen atoms in total. The van der Waals surface area contributed by atoms with E-state index in [4.69, 9.17) is 0 Å². The lowest BCUT2D eigenvalue weighted by molar-refractivity contribution is -0.137. The molecule has 0 spiro atoms. The van der Waals surface area contributed by atoms with Gasteiger partial charge in [-0.2, -0.15) is 12.6 Å². The standard InChI is InChI=1S/C30H34N2O4S/c1-2-3-13-29(34)32(20-28(33)31-25(21-37)18-22-9-5-4-6-10-22)19-23-14-16-24(17-15-23)26-11-7-8-12-27(26)30(35)36/h4-12,14-17,25,37H,2-3,13,18-21H2,1H3,(H,31,33)(H,35,36). The summed E-state index contributed by atoms with van der Waals surface area (Å²) in [4.78, 5) is 39.1. The van der Waals surface area contributed by atoms with Crippen LogP contribution in [0.1, 0.15) is 47.7 Å². The highest BCUT2D eigenvalue weighted by Crippen LogP contribution is 2.24. The minimum Gasteiger partial charge on any atom is -0.478 e. The minimum absolute atomic E-state index is 0.0365. The number of unbranched alkanes of at least 4 members (excludes halogenated alkanes) is 1. The van der Waals surface area contributed by atoms with E-state index in [0.717, 1.165) is 29.5 Å². The van der Waals surface area contributed by atoms with Gasteiger partial charge in [-0.25, -0.2) is 4.79 Å². The first kappa shape index (κ1) is 28.0. The maximum Gasteiger partial charge on any atom is 0.336 e. The summed E-state index contributed by atoms with van der Waals surface area (Å²) >= 11 is 4.41. The zero-order chi connectivity index (χ0) is 26.6. The van der Waals surface area contributed by atoms with E-state index in [1.807, 2.05) is 61.5 Å². The Bertz CT molecular complexity index is 1180. The third-order valence-corrected chi connectivity index (χ3v) is 6.58. The third kappa shape index (κ3) is 8.50. The van der Waals surface area contributed by atoms with Gasteiger partial charge < -0.3 is 15.3 Å². The van der Waals surface area contributed by atoms with Crippen molar-refractivity contribution in [2.24, 2.45) is 0 Å². The quantitative estimate of drug-likeness (QED) is 0.271. The second kappa shape index (κ2) is 14.2. The van der Waals surface area contributed by atoms with Gasteiger partial charge in [0.15, 0.2) is 0 Å². The summed E-state index contributed by atoms with van der Waals surface area (Å²) in [5, 5.41) is 12.5. The molecule has 2 N–H and O–H groups in total. The Morgan fingerprint density at radius 1 is 0.919 bits per heavy atom. The van der Waals surface area contributed by atoms with Gasteiger partial charge >= 0.3 is 5.97 Å². The molecule has 0 radical (unpaired) electrons. The van der Waals surface area contributed by atoms with Crippen LogP contribution in [0, 0.1) is 0 Å². The van der Waals surface area contributed by atoms with Crippen LogP contribution >= 0.6 is 12.6 Å². The van der Waals surface area contributed by atoms with Crippen molar-refractivity contribution in [3.05, 3.63) is 95.6 Å². The Kier molecular flexibility index (Phi) is 10.8. The summed E-state index contributed by atoms with van der Waals surface area (Å²) in [5.74, 6) is -0.774. The van der Waals surface area contributed by atoms with Crippen molar-refractivity contribution in [1.29, 1.82) is 0 Å². The number of nitrogens with zero attached hydrogens (tertiary/aromatic N) is 1. The van der Waals surface area contributed by atoms with Gasteiger partial charge in [0.25, 0.3) is 0 Å². The van der Waals surface area contributed by atoms with Crippen molar-refractivity contribution in [1.82, 2.24) is 10.2 Å². The summed E-state index contributed by atoms with van der Waals surface area (Å²) in [6, 6.07) is 24.1. The van der Waals surface area contributed by atoms with E-state index < -0.39 is 5.97 Å². The lowest BCUT2D eigenvalue weighted by atomic mass is 9.98. The molecule has 1 unspecified atom stereocenters. The summed E-state index contributed by atoms with van der Waals surface area (Å²) < 4.78 is 0. The van der Waals surface area contributed by atoms with E-state index in [1.54, 1.807) is 29.2 Å². The lowest BCUT2D eigenvalue weighted by Gasteiger charge is -2.24. The molecule has 0 bridgehead atoms. The molecular formula is C30H34N2O4S. The number of hydrogen-bond donors (Lipinski definition) is 3. The average Bonchev–Trinajstić information content (AvgIpc) is 2.92. The highest BCUT2D eigenvalue weighted by Gasteiger charge is 2.20. The molecule has 0 aromatic heterocycles. The van der Waals surface area contributed by atoms with Crippen LogP contribution in [0.25, 0.3) is 11.1 Å². The molecule has 0 aliphatic heterocycles. The average molecular weight is 519 g/mol. The van der Waals surface area contributed by atoms with E-state index >= 15 is 0 Å². The molecule has 7 heteroatoms. The van der Waals surface area contributed by atoms with Gasteiger partial charge in [0.1, 0.15) is 0 Å². The summed E-state index contributed by atoms with van der Waals surface area (Å²) in [6.45, 7) is 2.28. The van der Waals surface area contributed by atoms with Crippen LogP contribution < -0.4 is 5.32 Å². The number of carboxylic acids is 1. The molecule has 194 valence electrons. The Balaban J connectivity index is 1.70. The van der Waals surface area contributed by atoms with Gasteiger partial charge in [-0.05, 0) is 41.2 Å². The first-order valence-corrected chi connectivity index (χ1v) is 13.2. The first-order chi connectivity index (χ1) is 17.9. The van der Waals surface area contributed by atoms with Gasteiger partial charge in [-0.15, -0.1) is 0 Å². The van der Waals surface area contributed by atoms with Crippen molar-refractivity contribution in [2.75, 3.05) is 12.3 Å². The summed E-state index contributed by atoms with van der Waals surface area (Å²) in [6.07, 6.45) is 2.70. The van der Waals surface area contributed by atoms with E-state index in [-0.39, 0.29) is 30.0 Å². The highest BCUT2D eigenvalue weighted by atomic mass is 32.1. The predicted octanol–water partition coefficient (Wildman–Crippen LogP) is 5.23. The zero-order valence-corrected chi connectivity index (χ0v) is 22.0. The molecule has 2 amide bonds. The van der Waals surface area contributed by atoms with E-state index in [9.17, 15) is 19.5 Å². The number of carbonyl (C=O) groups excluding carboxylic acids is 2. The second-order valence-electron chi connectivity index (χ2n) is 9.04. The number of amides is 2. The summed E-state index contributed by atoms with van der Waals surface area (Å²) in [7, 11) is 0. The van der Waals surface area contributed by atoms with E-state index in [0.29, 0.717) is 30.7 Å². The number of rotatable bonds is 13. The predicted molar refractivity (Wildman–Crippen MR) is 150 cm³/mol. The van der Waals surface area contributed by atoms with E-state index in [1.165, 1.54) is 0 Å². The minimum atomic E-state index is -0.981. The number of carboxylic acid groups (broad SMARTS) is 1. The van der Waals surface area contributed by atoms with Crippen molar-refractivity contribution in [3.63, 3.8) is 0 Å². The smallest absolute Gasteiger partial charge is 0.336 e.